The summed E-state index contributed by atoms with van der Waals surface area (Å²) in [5.41, 5.74) is 8.92. The van der Waals surface area contributed by atoms with Crippen LogP contribution in [0.3, 0.4) is 0 Å². The van der Waals surface area contributed by atoms with Gasteiger partial charge in [-0.25, -0.2) is 0 Å². The molecule has 0 nitrogen and oxygen atoms in total. The molecule has 0 bridgehead atoms. The molecule has 56 heavy (non-hydrogen) atoms. The number of hydrogen-bond acceptors (Lipinski definition) is 2. The Hall–Kier alpha value is -4.54. The first-order valence-corrected chi connectivity index (χ1v) is 23.9. The standard InChI is InChI=1S/C53H48S2Si/c1-52(2)43-26-13-15-30-47(43)54-50-41(25-17-28-45(50)52)42-35-39(33-34-40(42)36-19-11-12-20-36)56(37-21-7-5-8-22-37,38-23-9-6-10-24-38)49-32-18-29-46-51(49)55-48-31-16-14-27-44(48)53(46,3)4/h5-10,13-18,21-36H,11-12,19-20H2,1-4H3/i36D. The molecule has 3 aliphatic rings. The second kappa shape index (κ2) is 13.8. The molecule has 1 saturated carbocycles. The fourth-order valence-electron chi connectivity index (χ4n) is 10.2. The zero-order chi connectivity index (χ0) is 39.0. The van der Waals surface area contributed by atoms with Crippen LogP contribution in [0.25, 0.3) is 11.1 Å². The Morgan fingerprint density at radius 3 is 1.59 bits per heavy atom. The van der Waals surface area contributed by atoms with Crippen molar-refractivity contribution < 1.29 is 1.37 Å². The van der Waals surface area contributed by atoms with Gasteiger partial charge in [0.15, 0.2) is 8.07 Å². The van der Waals surface area contributed by atoms with Crippen LogP contribution in [-0.2, 0) is 10.8 Å². The lowest BCUT2D eigenvalue weighted by Crippen LogP contribution is -2.75. The first-order chi connectivity index (χ1) is 27.6. The molecule has 2 heterocycles. The van der Waals surface area contributed by atoms with Crippen molar-refractivity contribution >= 4 is 52.3 Å². The minimum atomic E-state index is -3.02. The highest BCUT2D eigenvalue weighted by atomic mass is 32.2. The molecule has 2 aliphatic heterocycles. The molecule has 0 spiro atoms. The van der Waals surface area contributed by atoms with Gasteiger partial charge in [0, 0.05) is 31.8 Å². The molecule has 1 aliphatic carbocycles. The predicted octanol–water partition coefficient (Wildman–Crippen LogP) is 12.0. The zero-order valence-corrected chi connectivity index (χ0v) is 35.4. The SMILES string of the molecule is [2H]C1(c2ccc([Si](c3ccccc3)(c3ccccc3)c3cccc4c3Sc3ccccc3C4(C)C)cc2-c2cccc3c2Sc2ccccc2C3(C)C)CCCC1. The highest BCUT2D eigenvalue weighted by molar-refractivity contribution is 8.00. The molecule has 7 aromatic rings. The van der Waals surface area contributed by atoms with Crippen LogP contribution in [0, 0.1) is 0 Å². The van der Waals surface area contributed by atoms with Crippen LogP contribution in [-0.4, -0.2) is 8.07 Å². The van der Waals surface area contributed by atoms with E-state index in [9.17, 15) is 1.37 Å². The van der Waals surface area contributed by atoms with E-state index in [4.69, 9.17) is 0 Å². The van der Waals surface area contributed by atoms with Gasteiger partial charge < -0.3 is 0 Å². The summed E-state index contributed by atoms with van der Waals surface area (Å²) in [5.74, 6) is -0.622. The van der Waals surface area contributed by atoms with E-state index in [0.717, 1.165) is 25.7 Å². The Morgan fingerprint density at radius 2 is 0.982 bits per heavy atom. The maximum Gasteiger partial charge on any atom is 0.180 e. The monoisotopic (exact) mass is 777 g/mol. The summed E-state index contributed by atoms with van der Waals surface area (Å²) in [7, 11) is -3.02. The van der Waals surface area contributed by atoms with Crippen LogP contribution < -0.4 is 20.7 Å². The Bertz CT molecular complexity index is 2620. The largest absolute Gasteiger partial charge is 0.180 e. The maximum atomic E-state index is 10.1. The first kappa shape index (κ1) is 34.7. The van der Waals surface area contributed by atoms with Crippen molar-refractivity contribution in [2.45, 2.75) is 89.7 Å². The first-order valence-electron chi connectivity index (χ1n) is 20.7. The van der Waals surface area contributed by atoms with E-state index in [0.29, 0.717) is 0 Å². The molecule has 276 valence electrons. The van der Waals surface area contributed by atoms with E-state index < -0.39 is 14.0 Å². The lowest BCUT2D eigenvalue weighted by atomic mass is 9.76. The fraction of sp³-hybridized carbons (Fsp3) is 0.208. The molecule has 1 fully saturated rings. The lowest BCUT2D eigenvalue weighted by Gasteiger charge is -2.41. The van der Waals surface area contributed by atoms with Crippen molar-refractivity contribution in [3.63, 3.8) is 0 Å². The molecule has 0 N–H and O–H groups in total. The van der Waals surface area contributed by atoms with Crippen LogP contribution in [0.4, 0.5) is 0 Å². The summed E-state index contributed by atoms with van der Waals surface area (Å²) < 4.78 is 10.1. The van der Waals surface area contributed by atoms with Crippen molar-refractivity contribution in [2.24, 2.45) is 0 Å². The lowest BCUT2D eigenvalue weighted by molar-refractivity contribution is 0.608. The minimum Gasteiger partial charge on any atom is -0.0895 e. The van der Waals surface area contributed by atoms with Gasteiger partial charge in [-0.3, -0.25) is 0 Å². The minimum absolute atomic E-state index is 0.146. The van der Waals surface area contributed by atoms with Gasteiger partial charge in [0.25, 0.3) is 0 Å². The van der Waals surface area contributed by atoms with E-state index in [1.807, 2.05) is 23.5 Å². The van der Waals surface area contributed by atoms with E-state index in [1.54, 1.807) is 0 Å². The number of benzene rings is 7. The summed E-state index contributed by atoms with van der Waals surface area (Å²) in [4.78, 5) is 5.40. The van der Waals surface area contributed by atoms with E-state index >= 15 is 0 Å². The van der Waals surface area contributed by atoms with Gasteiger partial charge in [-0.1, -0.05) is 216 Å². The second-order valence-corrected chi connectivity index (χ2v) is 22.7. The van der Waals surface area contributed by atoms with Crippen molar-refractivity contribution in [3.05, 3.63) is 192 Å². The molecule has 3 heteroatoms. The molecule has 0 unspecified atom stereocenters. The summed E-state index contributed by atoms with van der Waals surface area (Å²) >= 11 is 3.88. The topological polar surface area (TPSA) is 0 Å². The molecule has 0 saturated heterocycles. The molecule has 0 atom stereocenters. The van der Waals surface area contributed by atoms with Gasteiger partial charge >= 0.3 is 0 Å². The van der Waals surface area contributed by atoms with Gasteiger partial charge in [0.05, 0.1) is 0 Å². The molecule has 0 aromatic heterocycles. The van der Waals surface area contributed by atoms with Gasteiger partial charge in [-0.2, -0.15) is 0 Å². The number of hydrogen-bond donors (Lipinski definition) is 0. The Kier molecular flexibility index (Phi) is 8.57. The molecule has 10 rings (SSSR count). The summed E-state index contributed by atoms with van der Waals surface area (Å²) in [6.07, 6.45) is 3.99. The summed E-state index contributed by atoms with van der Waals surface area (Å²) in [5, 5.41) is 5.55. The van der Waals surface area contributed by atoms with E-state index in [1.165, 1.54) is 79.3 Å². The Morgan fingerprint density at radius 1 is 0.482 bits per heavy atom. The maximum absolute atomic E-state index is 10.1. The Labute approximate surface area is 344 Å². The molecular formula is C53H48S2Si. The van der Waals surface area contributed by atoms with Crippen LogP contribution in [0.5, 0.6) is 0 Å². The normalized spacial score (nSPS) is 17.5. The van der Waals surface area contributed by atoms with Gasteiger partial charge in [-0.05, 0) is 90.6 Å². The number of rotatable bonds is 6. The molecule has 0 radical (unpaired) electrons. The third kappa shape index (κ3) is 5.49. The summed E-state index contributed by atoms with van der Waals surface area (Å²) in [6.45, 7) is 9.57. The molecular weight excluding hydrogens is 729 g/mol. The zero-order valence-electron chi connectivity index (χ0n) is 33.7. The quantitative estimate of drug-likeness (QED) is 0.122. The van der Waals surface area contributed by atoms with Crippen molar-refractivity contribution in [1.29, 1.82) is 0 Å². The summed E-state index contributed by atoms with van der Waals surface area (Å²) in [6, 6.07) is 62.3. The smallest absolute Gasteiger partial charge is 0.0895 e. The second-order valence-electron chi connectivity index (χ2n) is 16.9. The highest BCUT2D eigenvalue weighted by Crippen LogP contribution is 2.53. The van der Waals surface area contributed by atoms with Crippen LogP contribution >= 0.6 is 23.5 Å². The van der Waals surface area contributed by atoms with Crippen molar-refractivity contribution in [3.8, 4) is 11.1 Å². The van der Waals surface area contributed by atoms with Crippen molar-refractivity contribution in [2.75, 3.05) is 0 Å². The fourth-order valence-corrected chi connectivity index (χ4v) is 18.5. The third-order valence-electron chi connectivity index (χ3n) is 13.1. The average Bonchev–Trinajstić information content (AvgIpc) is 3.69. The van der Waals surface area contributed by atoms with Gasteiger partial charge in [0.1, 0.15) is 0 Å². The van der Waals surface area contributed by atoms with Crippen LogP contribution in [0.1, 0.15) is 88.5 Å². The Balaban J connectivity index is 1.31. The molecule has 0 amide bonds. The van der Waals surface area contributed by atoms with Gasteiger partial charge in [0.2, 0.25) is 0 Å². The van der Waals surface area contributed by atoms with Crippen molar-refractivity contribution in [1.82, 2.24) is 0 Å². The third-order valence-corrected chi connectivity index (χ3v) is 20.5. The van der Waals surface area contributed by atoms with E-state index in [-0.39, 0.29) is 10.8 Å². The highest BCUT2D eigenvalue weighted by Gasteiger charge is 2.46. The predicted molar refractivity (Wildman–Crippen MR) is 242 cm³/mol. The molecule has 7 aromatic carbocycles. The van der Waals surface area contributed by atoms with Crippen LogP contribution in [0.2, 0.25) is 0 Å². The van der Waals surface area contributed by atoms with E-state index in [2.05, 4.69) is 191 Å². The van der Waals surface area contributed by atoms with Crippen LogP contribution in [0.15, 0.2) is 183 Å². The van der Waals surface area contributed by atoms with Gasteiger partial charge in [-0.15, -0.1) is 0 Å². The average molecular weight is 778 g/mol. The number of fused-ring (bicyclic) bond motifs is 4.